The molecule has 0 spiro atoms. The van der Waals surface area contributed by atoms with Gasteiger partial charge in [-0.1, -0.05) is 30.3 Å². The molecule has 3 nitrogen and oxygen atoms in total. The highest BCUT2D eigenvalue weighted by Crippen LogP contribution is 2.45. The molecule has 3 atom stereocenters. The van der Waals surface area contributed by atoms with Crippen LogP contribution in [0.5, 0.6) is 0 Å². The van der Waals surface area contributed by atoms with Crippen LogP contribution in [-0.2, 0) is 4.79 Å². The number of nitrogens with zero attached hydrogens (tertiary/aromatic N) is 1. The second kappa shape index (κ2) is 3.59. The van der Waals surface area contributed by atoms with Crippen molar-refractivity contribution in [3.63, 3.8) is 0 Å². The number of benzene rings is 1. The Morgan fingerprint density at radius 1 is 1.25 bits per heavy atom. The topological polar surface area (TPSA) is 40.5 Å². The summed E-state index contributed by atoms with van der Waals surface area (Å²) in [5, 5.41) is 9.44. The molecule has 1 aromatic carbocycles. The Kier molecular flexibility index (Phi) is 2.21. The van der Waals surface area contributed by atoms with Crippen molar-refractivity contribution in [1.82, 2.24) is 4.90 Å². The molecule has 1 heterocycles. The maximum Gasteiger partial charge on any atom is 0.225 e. The lowest BCUT2D eigenvalue weighted by atomic mass is 10.1. The lowest BCUT2D eigenvalue weighted by Gasteiger charge is -2.15. The maximum absolute atomic E-state index is 11.6. The van der Waals surface area contributed by atoms with Crippen molar-refractivity contribution in [2.24, 2.45) is 0 Å². The van der Waals surface area contributed by atoms with Crippen molar-refractivity contribution in [3.8, 4) is 0 Å². The fourth-order valence-electron chi connectivity index (χ4n) is 2.62. The molecule has 3 rings (SSSR count). The van der Waals surface area contributed by atoms with Gasteiger partial charge in [-0.2, -0.15) is 0 Å². The van der Waals surface area contributed by atoms with Crippen LogP contribution in [-0.4, -0.2) is 34.6 Å². The summed E-state index contributed by atoms with van der Waals surface area (Å²) >= 11 is 0. The van der Waals surface area contributed by atoms with Crippen LogP contribution in [0.3, 0.4) is 0 Å². The van der Waals surface area contributed by atoms with Gasteiger partial charge in [-0.05, 0) is 12.0 Å². The summed E-state index contributed by atoms with van der Waals surface area (Å²) in [7, 11) is 0. The average Bonchev–Trinajstić information content (AvgIpc) is 3.00. The number of carbonyl (C=O) groups is 1. The van der Waals surface area contributed by atoms with Crippen LogP contribution in [0.15, 0.2) is 30.3 Å². The fourth-order valence-corrected chi connectivity index (χ4v) is 2.62. The summed E-state index contributed by atoms with van der Waals surface area (Å²) in [5.74, 6) is 0.589. The van der Waals surface area contributed by atoms with Crippen molar-refractivity contribution in [1.29, 1.82) is 0 Å². The van der Waals surface area contributed by atoms with E-state index >= 15 is 0 Å². The smallest absolute Gasteiger partial charge is 0.225 e. The molecule has 2 fully saturated rings. The highest BCUT2D eigenvalue weighted by molar-refractivity contribution is 5.80. The Hall–Kier alpha value is -1.35. The Bertz CT molecular complexity index is 404. The molecule has 1 N–H and O–H groups in total. The molecule has 3 unspecified atom stereocenters. The normalized spacial score (nSPS) is 33.2. The summed E-state index contributed by atoms with van der Waals surface area (Å²) in [5.41, 5.74) is 1.31. The number of rotatable bonds is 2. The molecular weight excluding hydrogens is 202 g/mol. The van der Waals surface area contributed by atoms with Gasteiger partial charge in [0.1, 0.15) is 0 Å². The minimum Gasteiger partial charge on any atom is -0.391 e. The monoisotopic (exact) mass is 217 g/mol. The number of amides is 1. The molecule has 0 radical (unpaired) electrons. The molecule has 1 aromatic rings. The number of β-amino-alcohol motifs (C(OH)–C–C–N with tert-alkyl or cyclic N) is 1. The first-order valence-electron chi connectivity index (χ1n) is 5.78. The number of hydrogen-bond acceptors (Lipinski definition) is 2. The van der Waals surface area contributed by atoms with E-state index in [0.29, 0.717) is 24.9 Å². The van der Waals surface area contributed by atoms with E-state index in [9.17, 15) is 9.90 Å². The summed E-state index contributed by atoms with van der Waals surface area (Å²) in [6.07, 6.45) is 0.894. The van der Waals surface area contributed by atoms with Gasteiger partial charge in [0, 0.05) is 18.5 Å². The molecule has 1 amide bonds. The zero-order valence-corrected chi connectivity index (χ0v) is 9.04. The van der Waals surface area contributed by atoms with Crippen LogP contribution < -0.4 is 0 Å². The molecule has 0 aromatic heterocycles. The molecule has 0 bridgehead atoms. The van der Waals surface area contributed by atoms with E-state index in [1.165, 1.54) is 5.56 Å². The molecule has 1 saturated carbocycles. The van der Waals surface area contributed by atoms with Gasteiger partial charge < -0.3 is 10.0 Å². The number of aliphatic hydroxyl groups excluding tert-OH is 1. The van der Waals surface area contributed by atoms with E-state index in [2.05, 4.69) is 12.1 Å². The third-order valence-electron chi connectivity index (χ3n) is 3.52. The van der Waals surface area contributed by atoms with Gasteiger partial charge in [0.25, 0.3) is 0 Å². The molecule has 1 aliphatic carbocycles. The van der Waals surface area contributed by atoms with Crippen LogP contribution >= 0.6 is 0 Å². The van der Waals surface area contributed by atoms with Gasteiger partial charge in [0.2, 0.25) is 5.91 Å². The van der Waals surface area contributed by atoms with E-state index in [4.69, 9.17) is 0 Å². The first-order chi connectivity index (χ1) is 7.75. The molecule has 3 heteroatoms. The van der Waals surface area contributed by atoms with E-state index in [1.807, 2.05) is 23.1 Å². The summed E-state index contributed by atoms with van der Waals surface area (Å²) in [6, 6.07) is 10.6. The molecular formula is C13H15NO2. The van der Waals surface area contributed by atoms with E-state index < -0.39 is 6.10 Å². The Labute approximate surface area is 94.7 Å². The zero-order chi connectivity index (χ0) is 11.1. The van der Waals surface area contributed by atoms with Gasteiger partial charge in [-0.25, -0.2) is 0 Å². The van der Waals surface area contributed by atoms with Crippen molar-refractivity contribution in [2.75, 3.05) is 6.54 Å². The Morgan fingerprint density at radius 3 is 2.62 bits per heavy atom. The maximum atomic E-state index is 11.6. The minimum absolute atomic E-state index is 0.107. The van der Waals surface area contributed by atoms with E-state index in [0.717, 1.165) is 6.42 Å². The predicted molar refractivity (Wildman–Crippen MR) is 59.9 cm³/mol. The molecule has 16 heavy (non-hydrogen) atoms. The summed E-state index contributed by atoms with van der Waals surface area (Å²) < 4.78 is 0. The SMILES string of the molecule is O=C1CC(O)CN1C1CC1c1ccccc1. The fraction of sp³-hybridized carbons (Fsp3) is 0.462. The van der Waals surface area contributed by atoms with E-state index in [-0.39, 0.29) is 5.91 Å². The summed E-state index contributed by atoms with van der Waals surface area (Å²) in [4.78, 5) is 13.5. The quantitative estimate of drug-likeness (QED) is 0.807. The van der Waals surface area contributed by atoms with Crippen molar-refractivity contribution in [3.05, 3.63) is 35.9 Å². The number of aliphatic hydroxyl groups is 1. The largest absolute Gasteiger partial charge is 0.391 e. The first kappa shape index (κ1) is 9.85. The predicted octanol–water partition coefficient (Wildman–Crippen LogP) is 1.14. The lowest BCUT2D eigenvalue weighted by molar-refractivity contribution is -0.128. The average molecular weight is 217 g/mol. The van der Waals surface area contributed by atoms with Gasteiger partial charge in [-0.3, -0.25) is 4.79 Å². The van der Waals surface area contributed by atoms with Crippen molar-refractivity contribution >= 4 is 5.91 Å². The van der Waals surface area contributed by atoms with Gasteiger partial charge in [-0.15, -0.1) is 0 Å². The number of hydrogen-bond donors (Lipinski definition) is 1. The van der Waals surface area contributed by atoms with Crippen LogP contribution in [0.25, 0.3) is 0 Å². The minimum atomic E-state index is -0.454. The van der Waals surface area contributed by atoms with Gasteiger partial charge >= 0.3 is 0 Å². The second-order valence-electron chi connectivity index (χ2n) is 4.72. The number of carbonyl (C=O) groups excluding carboxylic acids is 1. The first-order valence-corrected chi connectivity index (χ1v) is 5.78. The van der Waals surface area contributed by atoms with E-state index in [1.54, 1.807) is 0 Å². The van der Waals surface area contributed by atoms with Crippen LogP contribution in [0.1, 0.15) is 24.3 Å². The van der Waals surface area contributed by atoms with Crippen LogP contribution in [0, 0.1) is 0 Å². The second-order valence-corrected chi connectivity index (χ2v) is 4.72. The zero-order valence-electron chi connectivity index (χ0n) is 9.04. The molecule has 84 valence electrons. The summed E-state index contributed by atoms with van der Waals surface area (Å²) in [6.45, 7) is 0.521. The van der Waals surface area contributed by atoms with Crippen molar-refractivity contribution < 1.29 is 9.90 Å². The molecule has 1 aliphatic heterocycles. The standard InChI is InChI=1S/C13H15NO2/c15-10-6-13(16)14(8-10)12-7-11(12)9-4-2-1-3-5-9/h1-5,10-12,15H,6-8H2. The van der Waals surface area contributed by atoms with Crippen molar-refractivity contribution in [2.45, 2.75) is 30.9 Å². The highest BCUT2D eigenvalue weighted by atomic mass is 16.3. The molecule has 2 aliphatic rings. The third kappa shape index (κ3) is 1.61. The Balaban J connectivity index is 1.71. The van der Waals surface area contributed by atoms with Crippen LogP contribution in [0.4, 0.5) is 0 Å². The van der Waals surface area contributed by atoms with Gasteiger partial charge in [0.05, 0.1) is 12.5 Å². The molecule has 1 saturated heterocycles. The lowest BCUT2D eigenvalue weighted by Crippen LogP contribution is -2.29. The van der Waals surface area contributed by atoms with Crippen LogP contribution in [0.2, 0.25) is 0 Å². The highest BCUT2D eigenvalue weighted by Gasteiger charge is 2.47. The number of likely N-dealkylation sites (tertiary alicyclic amines) is 1. The third-order valence-corrected chi connectivity index (χ3v) is 3.52. The van der Waals surface area contributed by atoms with Gasteiger partial charge in [0.15, 0.2) is 0 Å². The Morgan fingerprint density at radius 2 is 2.00 bits per heavy atom.